The third-order valence-corrected chi connectivity index (χ3v) is 4.21. The van der Waals surface area contributed by atoms with E-state index >= 15 is 0 Å². The Morgan fingerprint density at radius 3 is 2.17 bits per heavy atom. The first-order valence-electron chi connectivity index (χ1n) is 5.90. The molecule has 92 valence electrons. The molecule has 0 fully saturated rings. The predicted molar refractivity (Wildman–Crippen MR) is 75.6 cm³/mol. The van der Waals surface area contributed by atoms with E-state index in [-0.39, 0.29) is 0 Å². The molecular weight excluding hydrogens is 244 g/mol. The summed E-state index contributed by atoms with van der Waals surface area (Å²) in [5, 5.41) is 22.2. The van der Waals surface area contributed by atoms with E-state index in [1.807, 2.05) is 36.6 Å². The summed E-state index contributed by atoms with van der Waals surface area (Å²) in [6.07, 6.45) is 7.44. The third-order valence-electron chi connectivity index (χ3n) is 3.48. The molecule has 2 aromatic rings. The maximum Gasteiger partial charge on any atom is 0.127 e. The largest absolute Gasteiger partial charge is 0.507 e. The Bertz CT molecular complexity index is 659. The molecule has 3 heteroatoms. The second-order valence-electron chi connectivity index (χ2n) is 4.45. The SMILES string of the molecule is CSc1ccc2c(O)c3c(c(O)c2c1)CC=CC3. The summed E-state index contributed by atoms with van der Waals surface area (Å²) in [4.78, 5) is 1.09. The molecule has 0 bridgehead atoms. The van der Waals surface area contributed by atoms with E-state index in [4.69, 9.17) is 0 Å². The van der Waals surface area contributed by atoms with E-state index < -0.39 is 0 Å². The normalized spacial score (nSPS) is 13.8. The molecule has 2 N–H and O–H groups in total. The summed E-state index contributed by atoms with van der Waals surface area (Å²) in [5.74, 6) is 0.632. The highest BCUT2D eigenvalue weighted by atomic mass is 32.2. The zero-order chi connectivity index (χ0) is 12.7. The Morgan fingerprint density at radius 1 is 0.944 bits per heavy atom. The van der Waals surface area contributed by atoms with Gasteiger partial charge >= 0.3 is 0 Å². The average molecular weight is 258 g/mol. The van der Waals surface area contributed by atoms with Gasteiger partial charge < -0.3 is 10.2 Å². The minimum Gasteiger partial charge on any atom is -0.507 e. The summed E-state index contributed by atoms with van der Waals surface area (Å²) in [6.45, 7) is 0. The maximum absolute atomic E-state index is 10.4. The van der Waals surface area contributed by atoms with Crippen LogP contribution >= 0.6 is 11.8 Å². The fourth-order valence-electron chi connectivity index (χ4n) is 2.51. The lowest BCUT2D eigenvalue weighted by molar-refractivity contribution is 0.459. The van der Waals surface area contributed by atoms with E-state index in [2.05, 4.69) is 0 Å². The molecule has 0 saturated heterocycles. The Balaban J connectivity index is 2.38. The lowest BCUT2D eigenvalue weighted by atomic mass is 9.91. The molecule has 0 unspecified atom stereocenters. The van der Waals surface area contributed by atoms with Crippen LogP contribution < -0.4 is 0 Å². The summed E-state index contributed by atoms with van der Waals surface area (Å²) in [5.41, 5.74) is 1.72. The molecule has 1 aliphatic rings. The molecular formula is C15H14O2S. The van der Waals surface area contributed by atoms with Gasteiger partial charge in [0.2, 0.25) is 0 Å². The van der Waals surface area contributed by atoms with Gasteiger partial charge in [-0.3, -0.25) is 0 Å². The van der Waals surface area contributed by atoms with E-state index in [1.54, 1.807) is 11.8 Å². The van der Waals surface area contributed by atoms with Crippen molar-refractivity contribution in [2.24, 2.45) is 0 Å². The molecule has 2 nitrogen and oxygen atoms in total. The van der Waals surface area contributed by atoms with Crippen molar-refractivity contribution in [2.45, 2.75) is 17.7 Å². The number of allylic oxidation sites excluding steroid dienone is 2. The molecule has 18 heavy (non-hydrogen) atoms. The summed E-state index contributed by atoms with van der Waals surface area (Å²) >= 11 is 1.63. The monoisotopic (exact) mass is 258 g/mol. The minimum atomic E-state index is 0.315. The molecule has 0 spiro atoms. The van der Waals surface area contributed by atoms with Crippen molar-refractivity contribution in [3.63, 3.8) is 0 Å². The van der Waals surface area contributed by atoms with Crippen LogP contribution in [0, 0.1) is 0 Å². The van der Waals surface area contributed by atoms with Gasteiger partial charge in [-0.1, -0.05) is 12.2 Å². The van der Waals surface area contributed by atoms with Crippen LogP contribution in [0.15, 0.2) is 35.2 Å². The van der Waals surface area contributed by atoms with Crippen molar-refractivity contribution >= 4 is 22.5 Å². The maximum atomic E-state index is 10.4. The Hall–Kier alpha value is -1.61. The number of thioether (sulfide) groups is 1. The first kappa shape index (κ1) is 11.5. The summed E-state index contributed by atoms with van der Waals surface area (Å²) < 4.78 is 0. The lowest BCUT2D eigenvalue weighted by Crippen LogP contribution is -1.99. The number of hydrogen-bond acceptors (Lipinski definition) is 3. The van der Waals surface area contributed by atoms with Crippen LogP contribution in [0.4, 0.5) is 0 Å². The molecule has 0 radical (unpaired) electrons. The molecule has 0 aliphatic heterocycles. The average Bonchev–Trinajstić information content (AvgIpc) is 2.44. The number of rotatable bonds is 1. The minimum absolute atomic E-state index is 0.315. The summed E-state index contributed by atoms with van der Waals surface area (Å²) in [7, 11) is 0. The van der Waals surface area contributed by atoms with Crippen molar-refractivity contribution in [3.8, 4) is 11.5 Å². The van der Waals surface area contributed by atoms with Crippen molar-refractivity contribution in [2.75, 3.05) is 6.26 Å². The van der Waals surface area contributed by atoms with Gasteiger partial charge in [0.25, 0.3) is 0 Å². The van der Waals surface area contributed by atoms with Crippen LogP contribution in [-0.2, 0) is 12.8 Å². The van der Waals surface area contributed by atoms with E-state index in [9.17, 15) is 10.2 Å². The predicted octanol–water partition coefficient (Wildman–Crippen LogP) is 3.63. The highest BCUT2D eigenvalue weighted by molar-refractivity contribution is 7.98. The van der Waals surface area contributed by atoms with Crippen LogP contribution in [0.5, 0.6) is 11.5 Å². The quantitative estimate of drug-likeness (QED) is 0.466. The summed E-state index contributed by atoms with van der Waals surface area (Å²) in [6, 6.07) is 5.79. The van der Waals surface area contributed by atoms with Gasteiger partial charge in [0.05, 0.1) is 0 Å². The third kappa shape index (κ3) is 1.58. The highest BCUT2D eigenvalue weighted by Crippen LogP contribution is 2.42. The molecule has 2 aromatic carbocycles. The van der Waals surface area contributed by atoms with Crippen molar-refractivity contribution in [3.05, 3.63) is 41.5 Å². The van der Waals surface area contributed by atoms with Gasteiger partial charge in [-0.05, 0) is 37.3 Å². The van der Waals surface area contributed by atoms with Gasteiger partial charge in [0, 0.05) is 26.8 Å². The van der Waals surface area contributed by atoms with Crippen LogP contribution in [0.1, 0.15) is 11.1 Å². The van der Waals surface area contributed by atoms with Gasteiger partial charge in [0.1, 0.15) is 11.5 Å². The Morgan fingerprint density at radius 2 is 1.56 bits per heavy atom. The number of hydrogen-bond donors (Lipinski definition) is 2. The molecule has 3 rings (SSSR count). The topological polar surface area (TPSA) is 40.5 Å². The number of benzene rings is 2. The number of phenols is 2. The van der Waals surface area contributed by atoms with Gasteiger partial charge in [0.15, 0.2) is 0 Å². The lowest BCUT2D eigenvalue weighted by Gasteiger charge is -2.17. The molecule has 0 saturated carbocycles. The van der Waals surface area contributed by atoms with Crippen molar-refractivity contribution < 1.29 is 10.2 Å². The van der Waals surface area contributed by atoms with Crippen molar-refractivity contribution in [1.82, 2.24) is 0 Å². The first-order valence-corrected chi connectivity index (χ1v) is 7.13. The van der Waals surface area contributed by atoms with Gasteiger partial charge in [-0.15, -0.1) is 11.8 Å². The highest BCUT2D eigenvalue weighted by Gasteiger charge is 2.19. The molecule has 0 heterocycles. The standard InChI is InChI=1S/C15H14O2S/c1-18-9-6-7-12-13(8-9)15(17)11-5-3-2-4-10(11)14(12)16/h2-3,6-8,16-17H,4-5H2,1H3. The number of fused-ring (bicyclic) bond motifs is 2. The second kappa shape index (κ2) is 4.25. The van der Waals surface area contributed by atoms with Crippen molar-refractivity contribution in [1.29, 1.82) is 0 Å². The fourth-order valence-corrected chi connectivity index (χ4v) is 2.95. The molecule has 0 atom stereocenters. The zero-order valence-corrected chi connectivity index (χ0v) is 10.9. The fraction of sp³-hybridized carbons (Fsp3) is 0.200. The second-order valence-corrected chi connectivity index (χ2v) is 5.33. The number of aromatic hydroxyl groups is 2. The van der Waals surface area contributed by atoms with Gasteiger partial charge in [-0.25, -0.2) is 0 Å². The number of phenolic OH excluding ortho intramolecular Hbond substituents is 2. The van der Waals surface area contributed by atoms with Crippen LogP contribution in [0.3, 0.4) is 0 Å². The van der Waals surface area contributed by atoms with E-state index in [0.717, 1.165) is 26.8 Å². The van der Waals surface area contributed by atoms with Crippen LogP contribution in [0.25, 0.3) is 10.8 Å². The van der Waals surface area contributed by atoms with E-state index in [1.165, 1.54) is 0 Å². The molecule has 0 aromatic heterocycles. The van der Waals surface area contributed by atoms with E-state index in [0.29, 0.717) is 24.3 Å². The molecule has 1 aliphatic carbocycles. The zero-order valence-electron chi connectivity index (χ0n) is 10.1. The molecule has 0 amide bonds. The Kier molecular flexibility index (Phi) is 2.71. The smallest absolute Gasteiger partial charge is 0.127 e. The van der Waals surface area contributed by atoms with Crippen LogP contribution in [-0.4, -0.2) is 16.5 Å². The first-order chi connectivity index (χ1) is 8.72. The Labute approximate surface area is 110 Å². The van der Waals surface area contributed by atoms with Crippen LogP contribution in [0.2, 0.25) is 0 Å². The van der Waals surface area contributed by atoms with Gasteiger partial charge in [-0.2, -0.15) is 0 Å².